The molecule has 1 aliphatic heterocycles. The predicted octanol–water partition coefficient (Wildman–Crippen LogP) is 2.67. The monoisotopic (exact) mass is 296 g/mol. The van der Waals surface area contributed by atoms with Crippen LogP contribution in [0.4, 0.5) is 0 Å². The summed E-state index contributed by atoms with van der Waals surface area (Å²) in [4.78, 5) is 14.8. The summed E-state index contributed by atoms with van der Waals surface area (Å²) in [6, 6.07) is 10.5. The van der Waals surface area contributed by atoms with E-state index < -0.39 is 0 Å². The fraction of sp³-hybridized carbons (Fsp3) is 0.562. The quantitative estimate of drug-likeness (QED) is 0.930. The third-order valence-corrected chi connectivity index (χ3v) is 3.77. The van der Waals surface area contributed by atoms with Crippen molar-refractivity contribution in [3.63, 3.8) is 0 Å². The van der Waals surface area contributed by atoms with Gasteiger partial charge >= 0.3 is 0 Å². The van der Waals surface area contributed by atoms with Crippen LogP contribution >= 0.6 is 12.4 Å². The molecule has 112 valence electrons. The minimum Gasteiger partial charge on any atom is -0.339 e. The van der Waals surface area contributed by atoms with Gasteiger partial charge in [-0.1, -0.05) is 44.2 Å². The van der Waals surface area contributed by atoms with Crippen LogP contribution in [-0.2, 0) is 4.79 Å². The number of carbonyl (C=O) groups is 1. The lowest BCUT2D eigenvalue weighted by atomic mass is 9.87. The van der Waals surface area contributed by atoms with Gasteiger partial charge in [-0.2, -0.15) is 0 Å². The van der Waals surface area contributed by atoms with Gasteiger partial charge in [-0.05, 0) is 18.4 Å². The second kappa shape index (κ2) is 7.65. The van der Waals surface area contributed by atoms with Gasteiger partial charge in [0, 0.05) is 25.7 Å². The highest BCUT2D eigenvalue weighted by molar-refractivity contribution is 5.85. The molecule has 1 aromatic carbocycles. The summed E-state index contributed by atoms with van der Waals surface area (Å²) in [7, 11) is 0. The molecular weight excluding hydrogens is 272 g/mol. The molecule has 0 aromatic heterocycles. The highest BCUT2D eigenvalue weighted by Gasteiger charge is 2.30. The fourth-order valence-corrected chi connectivity index (χ4v) is 2.80. The Balaban J connectivity index is 0.00000200. The lowest BCUT2D eigenvalue weighted by Crippen LogP contribution is -2.52. The number of piperazine rings is 1. The molecule has 4 heteroatoms. The topological polar surface area (TPSA) is 32.3 Å². The molecule has 1 heterocycles. The fourth-order valence-electron chi connectivity index (χ4n) is 2.80. The maximum atomic E-state index is 12.8. The Hall–Kier alpha value is -1.06. The summed E-state index contributed by atoms with van der Waals surface area (Å²) >= 11 is 0. The van der Waals surface area contributed by atoms with E-state index in [2.05, 4.69) is 38.2 Å². The maximum absolute atomic E-state index is 12.8. The number of nitrogens with zero attached hydrogens (tertiary/aromatic N) is 1. The average molecular weight is 297 g/mol. The number of hydrogen-bond acceptors (Lipinski definition) is 2. The van der Waals surface area contributed by atoms with Gasteiger partial charge in [0.1, 0.15) is 0 Å². The summed E-state index contributed by atoms with van der Waals surface area (Å²) < 4.78 is 0. The van der Waals surface area contributed by atoms with Crippen molar-refractivity contribution in [1.82, 2.24) is 10.2 Å². The predicted molar refractivity (Wildman–Crippen MR) is 85.3 cm³/mol. The van der Waals surface area contributed by atoms with Crippen molar-refractivity contribution in [3.05, 3.63) is 35.9 Å². The molecule has 2 unspecified atom stereocenters. The zero-order valence-electron chi connectivity index (χ0n) is 12.5. The number of nitrogens with one attached hydrogen (secondary N) is 1. The van der Waals surface area contributed by atoms with Gasteiger partial charge in [0.2, 0.25) is 5.91 Å². The van der Waals surface area contributed by atoms with Crippen LogP contribution in [0.5, 0.6) is 0 Å². The van der Waals surface area contributed by atoms with E-state index in [1.165, 1.54) is 0 Å². The summed E-state index contributed by atoms with van der Waals surface area (Å²) in [5.41, 5.74) is 1.13. The molecule has 1 amide bonds. The number of carbonyl (C=O) groups excluding carboxylic acids is 1. The van der Waals surface area contributed by atoms with Crippen molar-refractivity contribution in [2.45, 2.75) is 32.7 Å². The third kappa shape index (κ3) is 3.97. The smallest absolute Gasteiger partial charge is 0.230 e. The van der Waals surface area contributed by atoms with E-state index >= 15 is 0 Å². The Morgan fingerprint density at radius 1 is 1.30 bits per heavy atom. The molecule has 0 saturated carbocycles. The van der Waals surface area contributed by atoms with Gasteiger partial charge in [0.15, 0.2) is 0 Å². The Kier molecular flexibility index (Phi) is 6.50. The van der Waals surface area contributed by atoms with Crippen molar-refractivity contribution in [2.24, 2.45) is 5.92 Å². The summed E-state index contributed by atoms with van der Waals surface area (Å²) in [6.07, 6.45) is 0. The molecular formula is C16H25ClN2O. The average Bonchev–Trinajstić information content (AvgIpc) is 2.39. The second-order valence-electron chi connectivity index (χ2n) is 5.77. The largest absolute Gasteiger partial charge is 0.339 e. The molecule has 0 spiro atoms. The van der Waals surface area contributed by atoms with Crippen LogP contribution in [-0.4, -0.2) is 36.5 Å². The molecule has 3 nitrogen and oxygen atoms in total. The van der Waals surface area contributed by atoms with Crippen LogP contribution in [0.2, 0.25) is 0 Å². The van der Waals surface area contributed by atoms with E-state index in [4.69, 9.17) is 0 Å². The molecule has 1 aliphatic rings. The second-order valence-corrected chi connectivity index (χ2v) is 5.77. The van der Waals surface area contributed by atoms with E-state index in [1.54, 1.807) is 0 Å². The molecule has 0 radical (unpaired) electrons. The van der Waals surface area contributed by atoms with Gasteiger partial charge in [-0.15, -0.1) is 12.4 Å². The number of amides is 1. The molecule has 1 saturated heterocycles. The molecule has 20 heavy (non-hydrogen) atoms. The standard InChI is InChI=1S/C16H24N2O.ClH/c1-12(2)15(14-7-5-4-6-8-14)16(19)18-10-9-17-13(3)11-18;/h4-8,12-13,15,17H,9-11H2,1-3H3;1H. The van der Waals surface area contributed by atoms with Crippen molar-refractivity contribution in [3.8, 4) is 0 Å². The third-order valence-electron chi connectivity index (χ3n) is 3.77. The van der Waals surface area contributed by atoms with Gasteiger partial charge in [0.25, 0.3) is 0 Å². The molecule has 0 aliphatic carbocycles. The maximum Gasteiger partial charge on any atom is 0.230 e. The van der Waals surface area contributed by atoms with E-state index in [0.717, 1.165) is 25.2 Å². The Bertz CT molecular complexity index is 422. The molecule has 2 rings (SSSR count). The molecule has 0 bridgehead atoms. The Morgan fingerprint density at radius 3 is 2.50 bits per heavy atom. The normalized spacial score (nSPS) is 20.4. The number of rotatable bonds is 3. The first-order valence-corrected chi connectivity index (χ1v) is 7.16. The SMILES string of the molecule is CC1CN(C(=O)C(c2ccccc2)C(C)C)CCN1.Cl. The molecule has 1 fully saturated rings. The summed E-state index contributed by atoms with van der Waals surface area (Å²) in [6.45, 7) is 8.91. The Labute approximate surface area is 128 Å². The first-order valence-electron chi connectivity index (χ1n) is 7.16. The van der Waals surface area contributed by atoms with Crippen LogP contribution in [0.3, 0.4) is 0 Å². The molecule has 1 N–H and O–H groups in total. The zero-order chi connectivity index (χ0) is 13.8. The van der Waals surface area contributed by atoms with Crippen LogP contribution in [0.1, 0.15) is 32.3 Å². The lowest BCUT2D eigenvalue weighted by Gasteiger charge is -2.35. The van der Waals surface area contributed by atoms with Crippen LogP contribution in [0.15, 0.2) is 30.3 Å². The highest BCUT2D eigenvalue weighted by Crippen LogP contribution is 2.27. The molecule has 2 atom stereocenters. The van der Waals surface area contributed by atoms with Crippen molar-refractivity contribution < 1.29 is 4.79 Å². The minimum absolute atomic E-state index is 0. The van der Waals surface area contributed by atoms with Crippen LogP contribution < -0.4 is 5.32 Å². The van der Waals surface area contributed by atoms with Gasteiger partial charge in [-0.3, -0.25) is 4.79 Å². The number of hydrogen-bond donors (Lipinski definition) is 1. The zero-order valence-corrected chi connectivity index (χ0v) is 13.3. The van der Waals surface area contributed by atoms with Crippen molar-refractivity contribution >= 4 is 18.3 Å². The van der Waals surface area contributed by atoms with Crippen LogP contribution in [0.25, 0.3) is 0 Å². The Morgan fingerprint density at radius 2 is 1.95 bits per heavy atom. The first-order chi connectivity index (χ1) is 9.09. The number of halogens is 1. The lowest BCUT2D eigenvalue weighted by molar-refractivity contribution is -0.135. The van der Waals surface area contributed by atoms with E-state index in [9.17, 15) is 4.79 Å². The van der Waals surface area contributed by atoms with Crippen LogP contribution in [0, 0.1) is 5.92 Å². The van der Waals surface area contributed by atoms with Crippen molar-refractivity contribution in [2.75, 3.05) is 19.6 Å². The summed E-state index contributed by atoms with van der Waals surface area (Å²) in [5, 5.41) is 3.38. The number of benzene rings is 1. The first kappa shape index (κ1) is 17.0. The van der Waals surface area contributed by atoms with Gasteiger partial charge < -0.3 is 10.2 Å². The highest BCUT2D eigenvalue weighted by atomic mass is 35.5. The molecule has 1 aromatic rings. The van der Waals surface area contributed by atoms with E-state index in [1.807, 2.05) is 23.1 Å². The van der Waals surface area contributed by atoms with E-state index in [0.29, 0.717) is 12.0 Å². The van der Waals surface area contributed by atoms with Gasteiger partial charge in [0.05, 0.1) is 5.92 Å². The van der Waals surface area contributed by atoms with E-state index in [-0.39, 0.29) is 24.2 Å². The van der Waals surface area contributed by atoms with Gasteiger partial charge in [-0.25, -0.2) is 0 Å². The summed E-state index contributed by atoms with van der Waals surface area (Å²) in [5.74, 6) is 0.571. The minimum atomic E-state index is -0.0218. The van der Waals surface area contributed by atoms with Crippen molar-refractivity contribution in [1.29, 1.82) is 0 Å².